The number of nitrogens with one attached hydrogen (secondary N) is 1. The normalized spacial score (nSPS) is 31.2. The topological polar surface area (TPSA) is 32.3 Å². The Kier molecular flexibility index (Phi) is 5.94. The first-order valence-electron chi connectivity index (χ1n) is 6.23. The third kappa shape index (κ3) is 4.93. The van der Waals surface area contributed by atoms with Crippen molar-refractivity contribution in [1.29, 1.82) is 0 Å². The molecular formula is C12H26N2OS. The highest BCUT2D eigenvalue weighted by Gasteiger charge is 2.24. The zero-order chi connectivity index (χ0) is 12.1. The van der Waals surface area contributed by atoms with Crippen molar-refractivity contribution in [1.82, 2.24) is 10.2 Å². The molecule has 0 aromatic heterocycles. The molecule has 0 aromatic carbocycles. The van der Waals surface area contributed by atoms with Gasteiger partial charge in [-0.15, -0.1) is 0 Å². The predicted octanol–water partition coefficient (Wildman–Crippen LogP) is 1.07. The summed E-state index contributed by atoms with van der Waals surface area (Å²) in [6, 6.07) is 1.12. The van der Waals surface area contributed by atoms with Crippen molar-refractivity contribution >= 4 is 10.8 Å². The molecule has 4 unspecified atom stereocenters. The Morgan fingerprint density at radius 1 is 1.56 bits per heavy atom. The van der Waals surface area contributed by atoms with Crippen LogP contribution in [0.15, 0.2) is 0 Å². The molecule has 0 aliphatic carbocycles. The second-order valence-electron chi connectivity index (χ2n) is 5.27. The Balaban J connectivity index is 2.27. The van der Waals surface area contributed by atoms with Crippen LogP contribution in [-0.4, -0.2) is 53.3 Å². The number of hydrogen-bond donors (Lipinski definition) is 1. The minimum atomic E-state index is -0.655. The molecule has 1 N–H and O–H groups in total. The molecule has 4 atom stereocenters. The van der Waals surface area contributed by atoms with E-state index in [4.69, 9.17) is 0 Å². The Hall–Kier alpha value is 0.0700. The lowest BCUT2D eigenvalue weighted by Gasteiger charge is -2.37. The largest absolute Gasteiger partial charge is 0.311 e. The van der Waals surface area contributed by atoms with E-state index in [0.717, 1.165) is 12.2 Å². The summed E-state index contributed by atoms with van der Waals surface area (Å²) in [4.78, 5) is 2.40. The van der Waals surface area contributed by atoms with Gasteiger partial charge in [-0.25, -0.2) is 0 Å². The minimum absolute atomic E-state index is 0.486. The van der Waals surface area contributed by atoms with Crippen LogP contribution in [0.25, 0.3) is 0 Å². The molecule has 4 heteroatoms. The summed E-state index contributed by atoms with van der Waals surface area (Å²) in [5, 5.41) is 3.68. The maximum atomic E-state index is 11.0. The van der Waals surface area contributed by atoms with E-state index in [1.807, 2.05) is 0 Å². The minimum Gasteiger partial charge on any atom is -0.311 e. The zero-order valence-corrected chi connectivity index (χ0v) is 11.8. The van der Waals surface area contributed by atoms with Crippen molar-refractivity contribution < 1.29 is 4.21 Å². The van der Waals surface area contributed by atoms with Gasteiger partial charge in [-0.1, -0.05) is 6.92 Å². The van der Waals surface area contributed by atoms with Crippen LogP contribution in [0.4, 0.5) is 0 Å². The number of likely N-dealkylation sites (tertiary alicyclic amines) is 1. The smallest absolute Gasteiger partial charge is 0.0246 e. The van der Waals surface area contributed by atoms with E-state index in [9.17, 15) is 4.21 Å². The lowest BCUT2D eigenvalue weighted by atomic mass is 9.93. The molecule has 0 radical (unpaired) electrons. The molecule has 0 aromatic rings. The van der Waals surface area contributed by atoms with Gasteiger partial charge < -0.3 is 10.2 Å². The van der Waals surface area contributed by atoms with Crippen LogP contribution in [0.3, 0.4) is 0 Å². The molecule has 0 amide bonds. The summed E-state index contributed by atoms with van der Waals surface area (Å²) in [6.45, 7) is 6.90. The molecule has 0 saturated carbocycles. The molecule has 16 heavy (non-hydrogen) atoms. The van der Waals surface area contributed by atoms with E-state index in [-0.39, 0.29) is 0 Å². The Labute approximate surface area is 102 Å². The molecule has 1 aliphatic rings. The highest BCUT2D eigenvalue weighted by molar-refractivity contribution is 7.84. The van der Waals surface area contributed by atoms with Gasteiger partial charge >= 0.3 is 0 Å². The lowest BCUT2D eigenvalue weighted by molar-refractivity contribution is 0.167. The second kappa shape index (κ2) is 6.72. The number of rotatable bonds is 5. The molecule has 3 nitrogen and oxygen atoms in total. The fraction of sp³-hybridized carbons (Fsp3) is 1.00. The number of hydrogen-bond acceptors (Lipinski definition) is 3. The van der Waals surface area contributed by atoms with Gasteiger partial charge in [0.05, 0.1) is 0 Å². The highest BCUT2D eigenvalue weighted by Crippen LogP contribution is 2.16. The van der Waals surface area contributed by atoms with E-state index in [1.165, 1.54) is 19.5 Å². The van der Waals surface area contributed by atoms with E-state index in [2.05, 4.69) is 31.1 Å². The van der Waals surface area contributed by atoms with Crippen molar-refractivity contribution in [3.63, 3.8) is 0 Å². The average molecular weight is 246 g/mol. The first-order valence-corrected chi connectivity index (χ1v) is 7.96. The predicted molar refractivity (Wildman–Crippen MR) is 71.2 cm³/mol. The summed E-state index contributed by atoms with van der Waals surface area (Å²) >= 11 is 0. The van der Waals surface area contributed by atoms with Crippen LogP contribution in [0.5, 0.6) is 0 Å². The Morgan fingerprint density at radius 3 is 2.81 bits per heavy atom. The third-order valence-corrected chi connectivity index (χ3v) is 4.26. The molecule has 1 heterocycles. The van der Waals surface area contributed by atoms with Crippen LogP contribution in [-0.2, 0) is 10.8 Å². The van der Waals surface area contributed by atoms with E-state index in [0.29, 0.717) is 18.0 Å². The maximum Gasteiger partial charge on any atom is 0.0246 e. The molecule has 1 fully saturated rings. The monoisotopic (exact) mass is 246 g/mol. The van der Waals surface area contributed by atoms with Gasteiger partial charge in [0.1, 0.15) is 0 Å². The fourth-order valence-electron chi connectivity index (χ4n) is 2.39. The summed E-state index contributed by atoms with van der Waals surface area (Å²) < 4.78 is 11.0. The van der Waals surface area contributed by atoms with Crippen molar-refractivity contribution in [3.8, 4) is 0 Å². The maximum absolute atomic E-state index is 11.0. The Morgan fingerprint density at radius 2 is 2.25 bits per heavy atom. The molecule has 0 spiro atoms. The van der Waals surface area contributed by atoms with Gasteiger partial charge in [0.25, 0.3) is 0 Å². The standard InChI is InChI=1S/C12H26N2OS/c1-10-9-14(3)7-5-12(10)13-11(2)6-8-16(4)15/h10-13H,5-9H2,1-4H3. The molecule has 1 saturated heterocycles. The lowest BCUT2D eigenvalue weighted by Crippen LogP contribution is -2.49. The first-order chi connectivity index (χ1) is 7.49. The van der Waals surface area contributed by atoms with Crippen LogP contribution < -0.4 is 5.32 Å². The molecule has 0 bridgehead atoms. The highest BCUT2D eigenvalue weighted by atomic mass is 32.2. The molecule has 1 rings (SSSR count). The summed E-state index contributed by atoms with van der Waals surface area (Å²) in [7, 11) is 1.54. The van der Waals surface area contributed by atoms with Crippen molar-refractivity contribution in [2.24, 2.45) is 5.92 Å². The first kappa shape index (κ1) is 14.1. The average Bonchev–Trinajstić information content (AvgIpc) is 2.19. The quantitative estimate of drug-likeness (QED) is 0.788. The summed E-state index contributed by atoms with van der Waals surface area (Å²) in [5.74, 6) is 1.53. The van der Waals surface area contributed by atoms with Gasteiger partial charge in [-0.05, 0) is 39.3 Å². The second-order valence-corrected chi connectivity index (χ2v) is 6.82. The number of piperidine rings is 1. The SMILES string of the molecule is CC(CCS(C)=O)NC1CCN(C)CC1C. The van der Waals surface area contributed by atoms with Gasteiger partial charge in [-0.3, -0.25) is 4.21 Å². The van der Waals surface area contributed by atoms with Gasteiger partial charge in [0.15, 0.2) is 0 Å². The van der Waals surface area contributed by atoms with Crippen molar-refractivity contribution in [2.45, 2.75) is 38.8 Å². The van der Waals surface area contributed by atoms with E-state index < -0.39 is 10.8 Å². The van der Waals surface area contributed by atoms with Crippen LogP contribution in [0.2, 0.25) is 0 Å². The van der Waals surface area contributed by atoms with Crippen molar-refractivity contribution in [3.05, 3.63) is 0 Å². The fourth-order valence-corrected chi connectivity index (χ4v) is 3.08. The summed E-state index contributed by atoms with van der Waals surface area (Å²) in [6.07, 6.45) is 4.03. The van der Waals surface area contributed by atoms with Crippen LogP contribution in [0, 0.1) is 5.92 Å². The van der Waals surface area contributed by atoms with Gasteiger partial charge in [-0.2, -0.15) is 0 Å². The molecule has 1 aliphatic heterocycles. The van der Waals surface area contributed by atoms with E-state index in [1.54, 1.807) is 6.26 Å². The van der Waals surface area contributed by atoms with Crippen LogP contribution >= 0.6 is 0 Å². The van der Waals surface area contributed by atoms with Crippen LogP contribution in [0.1, 0.15) is 26.7 Å². The third-order valence-electron chi connectivity index (χ3n) is 3.45. The van der Waals surface area contributed by atoms with Gasteiger partial charge in [0, 0.05) is 41.4 Å². The Bertz CT molecular complexity index is 235. The van der Waals surface area contributed by atoms with Crippen molar-refractivity contribution in [2.75, 3.05) is 32.1 Å². The zero-order valence-electron chi connectivity index (χ0n) is 11.0. The summed E-state index contributed by atoms with van der Waals surface area (Å²) in [5.41, 5.74) is 0. The number of nitrogens with zero attached hydrogens (tertiary/aromatic N) is 1. The van der Waals surface area contributed by atoms with E-state index >= 15 is 0 Å². The van der Waals surface area contributed by atoms with Gasteiger partial charge in [0.2, 0.25) is 0 Å². The molecule has 96 valence electrons. The molecular weight excluding hydrogens is 220 g/mol.